The van der Waals surface area contributed by atoms with Crippen molar-refractivity contribution >= 4 is 23.4 Å². The Morgan fingerprint density at radius 1 is 0.827 bits per heavy atom. The van der Waals surface area contributed by atoms with E-state index in [4.69, 9.17) is 36.0 Å². The van der Waals surface area contributed by atoms with E-state index >= 15 is 0 Å². The minimum Gasteiger partial charge on any atom is -0.481 e. The van der Waals surface area contributed by atoms with Crippen LogP contribution < -0.4 is 20.1 Å². The fraction of sp³-hybridized carbons (Fsp3) is 0.425. The molecular weight excluding hydrogens is 678 g/mol. The van der Waals surface area contributed by atoms with Crippen LogP contribution in [0.4, 0.5) is 0 Å². The van der Waals surface area contributed by atoms with Crippen LogP contribution in [0.25, 0.3) is 33.6 Å². The largest absolute Gasteiger partial charge is 0.481 e. The Labute approximate surface area is 308 Å². The normalized spacial score (nSPS) is 21.5. The molecule has 0 saturated carbocycles. The van der Waals surface area contributed by atoms with E-state index in [0.29, 0.717) is 36.2 Å². The van der Waals surface area contributed by atoms with Crippen LogP contribution in [0.5, 0.6) is 11.8 Å². The van der Waals surface area contributed by atoms with Crippen LogP contribution >= 0.6 is 11.6 Å². The molecule has 1 aliphatic carbocycles. The number of methoxy groups -OCH3 is 2. The number of rotatable bonds is 8. The van der Waals surface area contributed by atoms with Gasteiger partial charge in [0.2, 0.25) is 23.6 Å². The van der Waals surface area contributed by atoms with Crippen LogP contribution in [0.1, 0.15) is 60.5 Å². The summed E-state index contributed by atoms with van der Waals surface area (Å²) in [5, 5.41) is 6.97. The fourth-order valence-corrected chi connectivity index (χ4v) is 9.61. The smallest absolute Gasteiger partial charge is 0.237 e. The summed E-state index contributed by atoms with van der Waals surface area (Å²) in [6.07, 6.45) is 6.75. The van der Waals surface area contributed by atoms with E-state index in [-0.39, 0.29) is 28.9 Å². The number of carbonyl (C=O) groups excluding carboxylic acids is 2. The number of carbonyl (C=O) groups is 2. The lowest BCUT2D eigenvalue weighted by atomic mass is 9.86. The summed E-state index contributed by atoms with van der Waals surface area (Å²) < 4.78 is 11.7. The van der Waals surface area contributed by atoms with Crippen molar-refractivity contribution in [3.8, 4) is 45.4 Å². The Morgan fingerprint density at radius 2 is 1.46 bits per heavy atom. The number of halogens is 1. The SMILES string of the molecule is COc1nc(-c2cccc(-c3cccc(-c4cc5c(c(OC)n4)C(N4CC6(CCC(=O)N6)C4)CC5)c3Cl)c2C)cnc1CN1CC2(CCC(=O)N2)C1. The number of hydrogen-bond acceptors (Lipinski definition) is 9. The molecule has 0 bridgehead atoms. The van der Waals surface area contributed by atoms with Crippen molar-refractivity contribution in [1.82, 2.24) is 35.4 Å². The van der Waals surface area contributed by atoms with E-state index in [0.717, 1.165) is 102 Å². The van der Waals surface area contributed by atoms with Gasteiger partial charge in [-0.25, -0.2) is 9.97 Å². The Kier molecular flexibility index (Phi) is 8.02. The second-order valence-electron chi connectivity index (χ2n) is 15.2. The van der Waals surface area contributed by atoms with Crippen molar-refractivity contribution in [1.29, 1.82) is 0 Å². The number of hydrogen-bond donors (Lipinski definition) is 2. The van der Waals surface area contributed by atoms with Gasteiger partial charge < -0.3 is 20.1 Å². The van der Waals surface area contributed by atoms with Gasteiger partial charge in [-0.15, -0.1) is 0 Å². The third-order valence-corrected chi connectivity index (χ3v) is 12.3. The number of amides is 2. The summed E-state index contributed by atoms with van der Waals surface area (Å²) in [6.45, 7) is 6.03. The first-order valence-corrected chi connectivity index (χ1v) is 18.5. The zero-order valence-corrected chi connectivity index (χ0v) is 30.5. The van der Waals surface area contributed by atoms with Crippen LogP contribution in [0, 0.1) is 6.92 Å². The minimum absolute atomic E-state index is 0.0685. The van der Waals surface area contributed by atoms with Crippen LogP contribution in [0.15, 0.2) is 48.7 Å². The highest BCUT2D eigenvalue weighted by Crippen LogP contribution is 2.48. The monoisotopic (exact) mass is 719 g/mol. The van der Waals surface area contributed by atoms with Crippen LogP contribution in [0.3, 0.4) is 0 Å². The molecule has 268 valence electrons. The van der Waals surface area contributed by atoms with Gasteiger partial charge in [0, 0.05) is 73.9 Å². The van der Waals surface area contributed by atoms with Crippen molar-refractivity contribution in [3.05, 3.63) is 76.1 Å². The van der Waals surface area contributed by atoms with E-state index in [1.54, 1.807) is 14.2 Å². The number of likely N-dealkylation sites (tertiary alicyclic amines) is 2. The summed E-state index contributed by atoms with van der Waals surface area (Å²) in [5.41, 5.74) is 9.24. The average molecular weight is 720 g/mol. The second kappa shape index (κ2) is 12.5. The molecule has 2 aromatic carbocycles. The molecule has 2 aromatic heterocycles. The molecule has 4 aromatic rings. The van der Waals surface area contributed by atoms with Gasteiger partial charge in [-0.05, 0) is 55.4 Å². The predicted octanol–water partition coefficient (Wildman–Crippen LogP) is 5.27. The molecule has 4 fully saturated rings. The van der Waals surface area contributed by atoms with Gasteiger partial charge in [-0.3, -0.25) is 24.4 Å². The third kappa shape index (κ3) is 5.52. The molecule has 12 heteroatoms. The lowest BCUT2D eigenvalue weighted by Crippen LogP contribution is -2.67. The number of aryl methyl sites for hydroxylation is 1. The molecule has 52 heavy (non-hydrogen) atoms. The first kappa shape index (κ1) is 33.3. The molecule has 4 aliphatic heterocycles. The second-order valence-corrected chi connectivity index (χ2v) is 15.6. The van der Waals surface area contributed by atoms with E-state index in [1.165, 1.54) is 5.56 Å². The topological polar surface area (TPSA) is 122 Å². The Balaban J connectivity index is 0.973. The van der Waals surface area contributed by atoms with Gasteiger partial charge in [0.15, 0.2) is 0 Å². The molecule has 2 N–H and O–H groups in total. The number of benzene rings is 2. The molecule has 6 heterocycles. The van der Waals surface area contributed by atoms with Crippen LogP contribution in [-0.4, -0.2) is 88.0 Å². The highest BCUT2D eigenvalue weighted by molar-refractivity contribution is 6.36. The number of nitrogens with zero attached hydrogens (tertiary/aromatic N) is 5. The molecule has 1 unspecified atom stereocenters. The molecule has 1 atom stereocenters. The highest BCUT2D eigenvalue weighted by atomic mass is 35.5. The van der Waals surface area contributed by atoms with Crippen molar-refractivity contribution in [3.63, 3.8) is 0 Å². The zero-order valence-electron chi connectivity index (χ0n) is 29.7. The first-order chi connectivity index (χ1) is 25.2. The molecular formula is C40H42ClN7O4. The summed E-state index contributed by atoms with van der Waals surface area (Å²) in [6, 6.07) is 14.6. The van der Waals surface area contributed by atoms with Gasteiger partial charge in [0.25, 0.3) is 0 Å². The van der Waals surface area contributed by atoms with Gasteiger partial charge in [-0.2, -0.15) is 0 Å². The standard InChI is InChI=1S/C40H42ClN7O4/c1-23-25(6-4-7-26(23)30-17-42-31(37(44-30)51-2)18-47-19-39(20-47)14-12-33(49)45-39)27-8-5-9-28(36(27)41)29-16-24-10-11-32(35(24)38(43-29)52-3)48-21-40(22-48)15-13-34(50)46-40/h4-9,16-17,32H,10-15,18-22H2,1-3H3,(H,45,49)(H,46,50). The Hall–Kier alpha value is -4.58. The lowest BCUT2D eigenvalue weighted by molar-refractivity contribution is -0.121. The fourth-order valence-electron chi connectivity index (χ4n) is 9.29. The molecule has 2 amide bonds. The number of aromatic nitrogens is 3. The number of pyridine rings is 1. The maximum atomic E-state index is 11.9. The van der Waals surface area contributed by atoms with E-state index in [1.807, 2.05) is 36.5 Å². The van der Waals surface area contributed by atoms with Gasteiger partial charge in [0.1, 0.15) is 5.69 Å². The maximum absolute atomic E-state index is 11.9. The number of ether oxygens (including phenoxy) is 2. The van der Waals surface area contributed by atoms with Crippen molar-refractivity contribution in [2.24, 2.45) is 0 Å². The Bertz CT molecular complexity index is 2130. The van der Waals surface area contributed by atoms with Crippen LogP contribution in [-0.2, 0) is 22.6 Å². The minimum atomic E-state index is -0.0887. The summed E-state index contributed by atoms with van der Waals surface area (Å²) in [4.78, 5) is 43.1. The quantitative estimate of drug-likeness (QED) is 0.251. The number of fused-ring (bicyclic) bond motifs is 1. The first-order valence-electron chi connectivity index (χ1n) is 18.1. The Morgan fingerprint density at radius 3 is 2.13 bits per heavy atom. The zero-order chi connectivity index (χ0) is 35.8. The molecule has 0 radical (unpaired) electrons. The summed E-state index contributed by atoms with van der Waals surface area (Å²) >= 11 is 7.28. The number of nitrogens with one attached hydrogen (secondary N) is 2. The molecule has 4 saturated heterocycles. The molecule has 2 spiro atoms. The van der Waals surface area contributed by atoms with E-state index < -0.39 is 0 Å². The predicted molar refractivity (Wildman–Crippen MR) is 197 cm³/mol. The van der Waals surface area contributed by atoms with Gasteiger partial charge in [0.05, 0.1) is 47.9 Å². The van der Waals surface area contributed by atoms with Gasteiger partial charge in [-0.1, -0.05) is 48.0 Å². The van der Waals surface area contributed by atoms with E-state index in [2.05, 4.69) is 39.5 Å². The highest BCUT2D eigenvalue weighted by Gasteiger charge is 2.51. The van der Waals surface area contributed by atoms with Crippen molar-refractivity contribution in [2.45, 2.75) is 69.1 Å². The lowest BCUT2D eigenvalue weighted by Gasteiger charge is -2.50. The van der Waals surface area contributed by atoms with Crippen molar-refractivity contribution in [2.75, 3.05) is 40.4 Å². The van der Waals surface area contributed by atoms with E-state index in [9.17, 15) is 9.59 Å². The maximum Gasteiger partial charge on any atom is 0.237 e. The molecule has 11 nitrogen and oxygen atoms in total. The molecule has 9 rings (SSSR count). The van der Waals surface area contributed by atoms with Crippen LogP contribution in [0.2, 0.25) is 5.02 Å². The summed E-state index contributed by atoms with van der Waals surface area (Å²) in [5.74, 6) is 1.44. The third-order valence-electron chi connectivity index (χ3n) is 11.9. The average Bonchev–Trinajstić information content (AvgIpc) is 3.84. The summed E-state index contributed by atoms with van der Waals surface area (Å²) in [7, 11) is 3.31. The van der Waals surface area contributed by atoms with Gasteiger partial charge >= 0.3 is 0 Å². The molecule has 5 aliphatic rings. The van der Waals surface area contributed by atoms with Crippen molar-refractivity contribution < 1.29 is 19.1 Å².